The van der Waals surface area contributed by atoms with Crippen molar-refractivity contribution in [2.75, 3.05) is 20.3 Å². The first-order chi connectivity index (χ1) is 12.7. The van der Waals surface area contributed by atoms with Gasteiger partial charge in [-0.05, 0) is 36.4 Å². The smallest absolute Gasteiger partial charge is 0.266 e. The zero-order valence-corrected chi connectivity index (χ0v) is 15.7. The number of hydrogen-bond acceptors (Lipinski definition) is 3. The van der Waals surface area contributed by atoms with E-state index in [9.17, 15) is 4.79 Å². The molecule has 0 amide bonds. The summed E-state index contributed by atoms with van der Waals surface area (Å²) in [6.45, 7) is 3.55. The molecule has 0 aliphatic carbocycles. The SMILES string of the molecule is CC[C@H]([NH2+]CCOC)c1nc2ccccc2c(=O)n1-c1ccc(Cl)cc1. The number of nitrogens with zero attached hydrogens (tertiary/aromatic N) is 2. The van der Waals surface area contributed by atoms with E-state index in [0.29, 0.717) is 17.0 Å². The number of aromatic nitrogens is 2. The van der Waals surface area contributed by atoms with Crippen molar-refractivity contribution < 1.29 is 10.1 Å². The van der Waals surface area contributed by atoms with Gasteiger partial charge in [0.05, 0.1) is 29.7 Å². The second-order valence-electron chi connectivity index (χ2n) is 6.14. The van der Waals surface area contributed by atoms with Gasteiger partial charge in [0.15, 0.2) is 5.82 Å². The predicted molar refractivity (Wildman–Crippen MR) is 104 cm³/mol. The van der Waals surface area contributed by atoms with E-state index in [1.807, 2.05) is 36.4 Å². The summed E-state index contributed by atoms with van der Waals surface area (Å²) in [6, 6.07) is 14.8. The Labute approximate surface area is 157 Å². The average molecular weight is 373 g/mol. The number of nitrogens with two attached hydrogens (primary N) is 1. The number of rotatable bonds is 7. The standard InChI is InChI=1S/C20H22ClN3O2/c1-3-17(22-12-13-26-2)19-23-18-7-5-4-6-16(18)20(25)24(19)15-10-8-14(21)9-11-15/h4-11,17,22H,3,12-13H2,1-2H3/p+1/t17-/m0/s1. The molecule has 1 heterocycles. The van der Waals surface area contributed by atoms with Gasteiger partial charge < -0.3 is 10.1 Å². The van der Waals surface area contributed by atoms with Gasteiger partial charge in [-0.1, -0.05) is 30.7 Å². The fraction of sp³-hybridized carbons (Fsp3) is 0.300. The van der Waals surface area contributed by atoms with Crippen LogP contribution in [0.4, 0.5) is 0 Å². The summed E-state index contributed by atoms with van der Waals surface area (Å²) in [5, 5.41) is 3.42. The van der Waals surface area contributed by atoms with E-state index < -0.39 is 0 Å². The lowest BCUT2D eigenvalue weighted by Gasteiger charge is -2.19. The van der Waals surface area contributed by atoms with Crippen molar-refractivity contribution >= 4 is 22.5 Å². The second-order valence-corrected chi connectivity index (χ2v) is 6.57. The van der Waals surface area contributed by atoms with E-state index in [0.717, 1.165) is 30.0 Å². The van der Waals surface area contributed by atoms with Gasteiger partial charge in [0.25, 0.3) is 5.56 Å². The third-order valence-corrected chi connectivity index (χ3v) is 4.68. The fourth-order valence-electron chi connectivity index (χ4n) is 3.08. The van der Waals surface area contributed by atoms with Crippen molar-refractivity contribution in [3.63, 3.8) is 0 Å². The van der Waals surface area contributed by atoms with Crippen LogP contribution in [0.5, 0.6) is 0 Å². The minimum Gasteiger partial charge on any atom is -0.379 e. The molecule has 1 atom stereocenters. The molecule has 6 heteroatoms. The van der Waals surface area contributed by atoms with Crippen LogP contribution in [-0.2, 0) is 4.74 Å². The van der Waals surface area contributed by atoms with Crippen molar-refractivity contribution in [1.82, 2.24) is 9.55 Å². The molecule has 0 aliphatic heterocycles. The highest BCUT2D eigenvalue weighted by Gasteiger charge is 2.22. The van der Waals surface area contributed by atoms with Crippen molar-refractivity contribution in [1.29, 1.82) is 0 Å². The van der Waals surface area contributed by atoms with Gasteiger partial charge in [0, 0.05) is 18.6 Å². The fourth-order valence-corrected chi connectivity index (χ4v) is 3.21. The molecule has 0 unspecified atom stereocenters. The molecule has 26 heavy (non-hydrogen) atoms. The molecular weight excluding hydrogens is 350 g/mol. The van der Waals surface area contributed by atoms with Gasteiger partial charge in [0.2, 0.25) is 0 Å². The zero-order chi connectivity index (χ0) is 18.5. The van der Waals surface area contributed by atoms with Gasteiger partial charge in [0.1, 0.15) is 6.04 Å². The molecule has 0 radical (unpaired) electrons. The number of halogens is 1. The van der Waals surface area contributed by atoms with E-state index in [4.69, 9.17) is 21.3 Å². The van der Waals surface area contributed by atoms with Crippen molar-refractivity contribution in [3.05, 3.63) is 69.7 Å². The first-order valence-electron chi connectivity index (χ1n) is 8.75. The molecule has 0 saturated heterocycles. The number of para-hydroxylation sites is 1. The van der Waals surface area contributed by atoms with Crippen molar-refractivity contribution in [3.8, 4) is 5.69 Å². The summed E-state index contributed by atoms with van der Waals surface area (Å²) >= 11 is 6.03. The third-order valence-electron chi connectivity index (χ3n) is 4.43. The molecule has 136 valence electrons. The highest BCUT2D eigenvalue weighted by molar-refractivity contribution is 6.30. The highest BCUT2D eigenvalue weighted by atomic mass is 35.5. The molecule has 2 N–H and O–H groups in total. The van der Waals surface area contributed by atoms with Crippen LogP contribution >= 0.6 is 11.6 Å². The predicted octanol–water partition coefficient (Wildman–Crippen LogP) is 2.70. The molecule has 3 rings (SSSR count). The van der Waals surface area contributed by atoms with Crippen LogP contribution < -0.4 is 10.9 Å². The Kier molecular flexibility index (Phi) is 6.04. The van der Waals surface area contributed by atoms with Gasteiger partial charge in [-0.15, -0.1) is 0 Å². The van der Waals surface area contributed by atoms with Gasteiger partial charge in [-0.25, -0.2) is 4.98 Å². The normalized spacial score (nSPS) is 12.4. The quantitative estimate of drug-likeness (QED) is 0.649. The van der Waals surface area contributed by atoms with E-state index in [1.54, 1.807) is 23.8 Å². The summed E-state index contributed by atoms with van der Waals surface area (Å²) in [5.41, 5.74) is 1.43. The van der Waals surface area contributed by atoms with Crippen LogP contribution in [0.1, 0.15) is 25.2 Å². The third kappa shape index (κ3) is 3.80. The zero-order valence-electron chi connectivity index (χ0n) is 15.0. The van der Waals surface area contributed by atoms with Crippen molar-refractivity contribution in [2.45, 2.75) is 19.4 Å². The minimum atomic E-state index is -0.0634. The second kappa shape index (κ2) is 8.45. The number of hydrogen-bond donors (Lipinski definition) is 1. The van der Waals surface area contributed by atoms with Crippen LogP contribution in [0, 0.1) is 0 Å². The summed E-state index contributed by atoms with van der Waals surface area (Å²) < 4.78 is 6.86. The summed E-state index contributed by atoms with van der Waals surface area (Å²) in [7, 11) is 1.69. The summed E-state index contributed by atoms with van der Waals surface area (Å²) in [5.74, 6) is 0.745. The molecule has 0 fully saturated rings. The highest BCUT2D eigenvalue weighted by Crippen LogP contribution is 2.19. The van der Waals surface area contributed by atoms with E-state index >= 15 is 0 Å². The van der Waals surface area contributed by atoms with Crippen LogP contribution in [0.3, 0.4) is 0 Å². The lowest BCUT2D eigenvalue weighted by molar-refractivity contribution is -0.698. The van der Waals surface area contributed by atoms with Gasteiger partial charge >= 0.3 is 0 Å². The first kappa shape index (κ1) is 18.6. The molecule has 0 saturated carbocycles. The molecule has 5 nitrogen and oxygen atoms in total. The number of quaternary nitrogens is 1. The van der Waals surface area contributed by atoms with Crippen LogP contribution in [0.25, 0.3) is 16.6 Å². The topological polar surface area (TPSA) is 60.7 Å². The Morgan fingerprint density at radius 1 is 1.19 bits per heavy atom. The number of benzene rings is 2. The molecule has 1 aromatic heterocycles. The Balaban J connectivity index is 2.20. The molecule has 0 aliphatic rings. The summed E-state index contributed by atoms with van der Waals surface area (Å²) in [4.78, 5) is 18.1. The van der Waals surface area contributed by atoms with Gasteiger partial charge in [-0.2, -0.15) is 0 Å². The van der Waals surface area contributed by atoms with Gasteiger partial charge in [-0.3, -0.25) is 9.36 Å². The monoisotopic (exact) mass is 372 g/mol. The molecule has 2 aromatic carbocycles. The Bertz CT molecular complexity index is 938. The Hall–Kier alpha value is -2.21. The Morgan fingerprint density at radius 2 is 1.92 bits per heavy atom. The van der Waals surface area contributed by atoms with Crippen LogP contribution in [0.15, 0.2) is 53.3 Å². The molecule has 3 aromatic rings. The average Bonchev–Trinajstić information content (AvgIpc) is 2.66. The molecule has 0 spiro atoms. The largest absolute Gasteiger partial charge is 0.379 e. The maximum Gasteiger partial charge on any atom is 0.266 e. The number of ether oxygens (including phenoxy) is 1. The summed E-state index contributed by atoms with van der Waals surface area (Å²) in [6.07, 6.45) is 0.849. The van der Waals surface area contributed by atoms with E-state index in [1.165, 1.54) is 0 Å². The lowest BCUT2D eigenvalue weighted by Crippen LogP contribution is -2.86. The maximum atomic E-state index is 13.2. The first-order valence-corrected chi connectivity index (χ1v) is 9.13. The number of fused-ring (bicyclic) bond motifs is 1. The van der Waals surface area contributed by atoms with Crippen LogP contribution in [-0.4, -0.2) is 29.8 Å². The van der Waals surface area contributed by atoms with Crippen LogP contribution in [0.2, 0.25) is 5.02 Å². The minimum absolute atomic E-state index is 0.0538. The lowest BCUT2D eigenvalue weighted by atomic mass is 10.1. The van der Waals surface area contributed by atoms with E-state index in [2.05, 4.69) is 12.2 Å². The number of methoxy groups -OCH3 is 1. The van der Waals surface area contributed by atoms with Crippen molar-refractivity contribution in [2.24, 2.45) is 0 Å². The van der Waals surface area contributed by atoms with E-state index in [-0.39, 0.29) is 11.6 Å². The Morgan fingerprint density at radius 3 is 2.62 bits per heavy atom. The molecular formula is C20H23ClN3O2+. The molecule has 0 bridgehead atoms. The maximum absolute atomic E-state index is 13.2.